The summed E-state index contributed by atoms with van der Waals surface area (Å²) in [6.45, 7) is 1.69. The fourth-order valence-electron chi connectivity index (χ4n) is 4.37. The molecule has 2 N–H and O–H groups in total. The molecule has 1 unspecified atom stereocenters. The first-order valence-electron chi connectivity index (χ1n) is 8.92. The highest BCUT2D eigenvalue weighted by Gasteiger charge is 2.47. The predicted octanol–water partition coefficient (Wildman–Crippen LogP) is 0.996. The van der Waals surface area contributed by atoms with Crippen molar-refractivity contribution < 1.29 is 9.59 Å². The molecule has 0 bridgehead atoms. The van der Waals surface area contributed by atoms with Crippen LogP contribution in [-0.2, 0) is 17.6 Å². The number of hydrogen-bond acceptors (Lipinski definition) is 3. The van der Waals surface area contributed by atoms with Crippen LogP contribution in [0, 0.1) is 5.41 Å². The smallest absolute Gasteiger partial charge is 0.261 e. The molecular formula is C18H23N3O3. The van der Waals surface area contributed by atoms with Crippen LogP contribution in [0.2, 0.25) is 0 Å². The molecule has 4 rings (SSSR count). The molecule has 128 valence electrons. The zero-order valence-corrected chi connectivity index (χ0v) is 13.8. The topological polar surface area (TPSA) is 82.3 Å². The molecule has 24 heavy (non-hydrogen) atoms. The van der Waals surface area contributed by atoms with Gasteiger partial charge in [0.1, 0.15) is 5.56 Å². The number of rotatable bonds is 1. The lowest BCUT2D eigenvalue weighted by Crippen LogP contribution is -2.48. The zero-order chi connectivity index (χ0) is 16.7. The molecule has 2 amide bonds. The summed E-state index contributed by atoms with van der Waals surface area (Å²) in [6.07, 6.45) is 6.44. The minimum absolute atomic E-state index is 0.0587. The van der Waals surface area contributed by atoms with E-state index in [9.17, 15) is 14.4 Å². The van der Waals surface area contributed by atoms with E-state index in [2.05, 4.69) is 10.3 Å². The highest BCUT2D eigenvalue weighted by atomic mass is 16.2. The van der Waals surface area contributed by atoms with Crippen molar-refractivity contribution in [2.75, 3.05) is 19.6 Å². The number of fused-ring (bicyclic) bond motifs is 1. The van der Waals surface area contributed by atoms with Gasteiger partial charge in [-0.15, -0.1) is 0 Å². The zero-order valence-electron chi connectivity index (χ0n) is 13.8. The summed E-state index contributed by atoms with van der Waals surface area (Å²) in [6, 6.07) is 1.78. The fraction of sp³-hybridized carbons (Fsp3) is 0.611. The maximum atomic E-state index is 12.9. The monoisotopic (exact) mass is 329 g/mol. The van der Waals surface area contributed by atoms with Crippen molar-refractivity contribution in [2.24, 2.45) is 5.41 Å². The van der Waals surface area contributed by atoms with Crippen molar-refractivity contribution in [3.05, 3.63) is 33.2 Å². The lowest BCUT2D eigenvalue weighted by Gasteiger charge is -2.32. The van der Waals surface area contributed by atoms with Gasteiger partial charge in [0.15, 0.2) is 0 Å². The van der Waals surface area contributed by atoms with Crippen molar-refractivity contribution in [3.8, 4) is 0 Å². The van der Waals surface area contributed by atoms with Crippen LogP contribution in [0.4, 0.5) is 0 Å². The van der Waals surface area contributed by atoms with Crippen LogP contribution in [0.5, 0.6) is 0 Å². The predicted molar refractivity (Wildman–Crippen MR) is 88.9 cm³/mol. The largest absolute Gasteiger partial charge is 0.356 e. The molecule has 6 heteroatoms. The minimum Gasteiger partial charge on any atom is -0.356 e. The van der Waals surface area contributed by atoms with Gasteiger partial charge < -0.3 is 15.2 Å². The summed E-state index contributed by atoms with van der Waals surface area (Å²) in [5.74, 6) is -0.178. The Bertz CT molecular complexity index is 754. The molecule has 1 aromatic rings. The molecule has 3 aliphatic rings. The lowest BCUT2D eigenvalue weighted by molar-refractivity contribution is -0.132. The van der Waals surface area contributed by atoms with E-state index in [-0.39, 0.29) is 22.9 Å². The van der Waals surface area contributed by atoms with Gasteiger partial charge in [0, 0.05) is 25.3 Å². The Morgan fingerprint density at radius 3 is 2.79 bits per heavy atom. The summed E-state index contributed by atoms with van der Waals surface area (Å²) in [5, 5.41) is 2.92. The van der Waals surface area contributed by atoms with E-state index in [1.807, 2.05) is 0 Å². The normalized spacial score (nSPS) is 26.3. The van der Waals surface area contributed by atoms with E-state index in [0.29, 0.717) is 19.5 Å². The minimum atomic E-state index is -0.450. The number of amides is 2. The molecule has 3 heterocycles. The number of nitrogens with one attached hydrogen (secondary N) is 2. The first-order valence-corrected chi connectivity index (χ1v) is 8.92. The van der Waals surface area contributed by atoms with Crippen molar-refractivity contribution >= 4 is 11.8 Å². The van der Waals surface area contributed by atoms with E-state index in [0.717, 1.165) is 56.3 Å². The van der Waals surface area contributed by atoms with E-state index < -0.39 is 5.41 Å². The van der Waals surface area contributed by atoms with Crippen LogP contribution in [0.3, 0.4) is 0 Å². The van der Waals surface area contributed by atoms with Gasteiger partial charge in [0.25, 0.3) is 11.5 Å². The first kappa shape index (κ1) is 15.4. The van der Waals surface area contributed by atoms with Crippen LogP contribution in [0.1, 0.15) is 53.7 Å². The van der Waals surface area contributed by atoms with Gasteiger partial charge in [-0.1, -0.05) is 0 Å². The Labute approximate surface area is 140 Å². The second kappa shape index (κ2) is 5.76. The van der Waals surface area contributed by atoms with Gasteiger partial charge in [0.05, 0.1) is 5.41 Å². The summed E-state index contributed by atoms with van der Waals surface area (Å²) in [7, 11) is 0. The Hall–Kier alpha value is -2.11. The van der Waals surface area contributed by atoms with Crippen LogP contribution in [0.25, 0.3) is 0 Å². The number of hydrogen-bond donors (Lipinski definition) is 2. The van der Waals surface area contributed by atoms with Gasteiger partial charge in [-0.2, -0.15) is 0 Å². The van der Waals surface area contributed by atoms with E-state index >= 15 is 0 Å². The summed E-state index contributed by atoms with van der Waals surface area (Å²) in [4.78, 5) is 42.0. The molecule has 0 saturated carbocycles. The number of H-pyrrole nitrogens is 1. The van der Waals surface area contributed by atoms with Crippen LogP contribution in [0.15, 0.2) is 10.9 Å². The number of nitrogens with zero attached hydrogens (tertiary/aromatic N) is 1. The Morgan fingerprint density at radius 2 is 1.96 bits per heavy atom. The number of piperidine rings is 1. The molecule has 6 nitrogen and oxygen atoms in total. The molecular weight excluding hydrogens is 306 g/mol. The fourth-order valence-corrected chi connectivity index (χ4v) is 4.37. The van der Waals surface area contributed by atoms with Gasteiger partial charge in [-0.3, -0.25) is 14.4 Å². The third-order valence-electron chi connectivity index (χ3n) is 5.81. The number of carbonyl (C=O) groups excluding carboxylic acids is 2. The lowest BCUT2D eigenvalue weighted by atomic mass is 9.79. The van der Waals surface area contributed by atoms with Gasteiger partial charge in [-0.25, -0.2) is 0 Å². The van der Waals surface area contributed by atoms with Crippen LogP contribution in [-0.4, -0.2) is 41.3 Å². The summed E-state index contributed by atoms with van der Waals surface area (Å²) < 4.78 is 0. The molecule has 2 aliphatic heterocycles. The maximum absolute atomic E-state index is 12.9. The maximum Gasteiger partial charge on any atom is 0.261 e. The van der Waals surface area contributed by atoms with Crippen molar-refractivity contribution in [3.63, 3.8) is 0 Å². The molecule has 1 aromatic heterocycles. The molecule has 1 atom stereocenters. The quantitative estimate of drug-likeness (QED) is 0.806. The Balaban J connectivity index is 1.59. The second-order valence-corrected chi connectivity index (χ2v) is 7.34. The Morgan fingerprint density at radius 1 is 1.12 bits per heavy atom. The van der Waals surface area contributed by atoms with E-state index in [1.54, 1.807) is 11.0 Å². The number of likely N-dealkylation sites (tertiary alicyclic amines) is 1. The van der Waals surface area contributed by atoms with Crippen LogP contribution >= 0.6 is 0 Å². The summed E-state index contributed by atoms with van der Waals surface area (Å²) in [5.41, 5.74) is 1.55. The SMILES string of the molecule is O=C(c1cc2c([nH]c1=O)CCCC2)N1CCC2(CCCNC2=O)C1. The molecule has 2 fully saturated rings. The highest BCUT2D eigenvalue weighted by Crippen LogP contribution is 2.37. The first-order chi connectivity index (χ1) is 11.6. The van der Waals surface area contributed by atoms with Crippen molar-refractivity contribution in [1.82, 2.24) is 15.2 Å². The van der Waals surface area contributed by atoms with E-state index in [1.165, 1.54) is 0 Å². The molecule has 0 aromatic carbocycles. The van der Waals surface area contributed by atoms with Crippen molar-refractivity contribution in [1.29, 1.82) is 0 Å². The molecule has 1 aliphatic carbocycles. The third kappa shape index (κ3) is 2.44. The summed E-state index contributed by atoms with van der Waals surface area (Å²) >= 11 is 0. The average molecular weight is 329 g/mol. The van der Waals surface area contributed by atoms with Gasteiger partial charge in [0.2, 0.25) is 5.91 Å². The second-order valence-electron chi connectivity index (χ2n) is 7.34. The molecule has 1 spiro atoms. The van der Waals surface area contributed by atoms with Crippen molar-refractivity contribution in [2.45, 2.75) is 44.9 Å². The average Bonchev–Trinajstić information content (AvgIpc) is 3.02. The standard InChI is InChI=1S/C18H23N3O3/c22-15-13(10-12-4-1-2-5-14(12)20-15)16(23)21-9-7-18(11-21)6-3-8-19-17(18)24/h10H,1-9,11H2,(H,19,24)(H,20,22). The number of aromatic nitrogens is 1. The highest BCUT2D eigenvalue weighted by molar-refractivity contribution is 5.95. The number of aryl methyl sites for hydroxylation is 2. The van der Waals surface area contributed by atoms with E-state index in [4.69, 9.17) is 0 Å². The van der Waals surface area contributed by atoms with Gasteiger partial charge in [-0.05, 0) is 56.6 Å². The van der Waals surface area contributed by atoms with Crippen LogP contribution < -0.4 is 10.9 Å². The number of carbonyl (C=O) groups is 2. The Kier molecular flexibility index (Phi) is 3.70. The molecule has 0 radical (unpaired) electrons. The van der Waals surface area contributed by atoms with Gasteiger partial charge >= 0.3 is 0 Å². The third-order valence-corrected chi connectivity index (χ3v) is 5.81. The molecule has 2 saturated heterocycles. The number of pyridine rings is 1. The number of aromatic amines is 1.